The topological polar surface area (TPSA) is 91.2 Å². The molecule has 8 nitrogen and oxygen atoms in total. The predicted octanol–water partition coefficient (Wildman–Crippen LogP) is 2.76. The van der Waals surface area contributed by atoms with Crippen LogP contribution in [-0.2, 0) is 4.79 Å². The van der Waals surface area contributed by atoms with Crippen molar-refractivity contribution in [3.63, 3.8) is 0 Å². The summed E-state index contributed by atoms with van der Waals surface area (Å²) in [5, 5.41) is 10.8. The highest BCUT2D eigenvalue weighted by atomic mass is 16.2. The van der Waals surface area contributed by atoms with E-state index in [0.717, 1.165) is 30.9 Å². The molecule has 26 heavy (non-hydrogen) atoms. The van der Waals surface area contributed by atoms with Gasteiger partial charge >= 0.3 is 0 Å². The molecule has 0 bridgehead atoms. The summed E-state index contributed by atoms with van der Waals surface area (Å²) >= 11 is 0. The Morgan fingerprint density at radius 2 is 2.19 bits per heavy atom. The van der Waals surface area contributed by atoms with Gasteiger partial charge in [-0.05, 0) is 37.8 Å². The van der Waals surface area contributed by atoms with Gasteiger partial charge < -0.3 is 10.2 Å². The fourth-order valence-corrected chi connectivity index (χ4v) is 3.71. The molecule has 8 heteroatoms. The fourth-order valence-electron chi connectivity index (χ4n) is 3.71. The van der Waals surface area contributed by atoms with Gasteiger partial charge in [0, 0.05) is 37.3 Å². The van der Waals surface area contributed by atoms with Crippen LogP contribution >= 0.6 is 0 Å². The molecule has 2 fully saturated rings. The van der Waals surface area contributed by atoms with Crippen molar-refractivity contribution in [2.24, 2.45) is 0 Å². The predicted molar refractivity (Wildman–Crippen MR) is 96.2 cm³/mol. The maximum absolute atomic E-state index is 11.9. The van der Waals surface area contributed by atoms with Crippen LogP contribution in [-0.4, -0.2) is 41.9 Å². The van der Waals surface area contributed by atoms with E-state index in [1.807, 2.05) is 33.7 Å². The van der Waals surface area contributed by atoms with Crippen LogP contribution in [0.3, 0.4) is 0 Å². The van der Waals surface area contributed by atoms with Crippen molar-refractivity contribution in [3.8, 4) is 0 Å². The Bertz CT molecular complexity index is 971. The first-order chi connectivity index (χ1) is 12.7. The number of amides is 1. The average Bonchev–Trinajstić information content (AvgIpc) is 3.06. The number of nitrogens with zero attached hydrogens (tertiary/aromatic N) is 5. The molecule has 1 saturated carbocycles. The first kappa shape index (κ1) is 15.4. The van der Waals surface area contributed by atoms with E-state index in [4.69, 9.17) is 4.98 Å². The van der Waals surface area contributed by atoms with Gasteiger partial charge in [-0.2, -0.15) is 10.1 Å². The van der Waals surface area contributed by atoms with Gasteiger partial charge in [0.15, 0.2) is 11.6 Å². The molecule has 1 saturated heterocycles. The minimum absolute atomic E-state index is 0.0610. The van der Waals surface area contributed by atoms with Crippen LogP contribution in [0.25, 0.3) is 5.65 Å². The number of carbonyl (C=O) groups is 1. The number of H-pyrrole nitrogens is 1. The number of anilines is 2. The van der Waals surface area contributed by atoms with Gasteiger partial charge in [0.1, 0.15) is 5.65 Å². The number of hydrogen-bond donors (Lipinski definition) is 2. The van der Waals surface area contributed by atoms with Crippen LogP contribution in [0, 0.1) is 0 Å². The summed E-state index contributed by atoms with van der Waals surface area (Å²) in [5.41, 5.74) is 1.98. The van der Waals surface area contributed by atoms with Crippen LogP contribution in [0.2, 0.25) is 0 Å². The zero-order chi connectivity index (χ0) is 17.7. The second kappa shape index (κ2) is 5.82. The summed E-state index contributed by atoms with van der Waals surface area (Å²) in [6.07, 6.45) is 6.25. The van der Waals surface area contributed by atoms with E-state index in [1.165, 1.54) is 18.5 Å². The molecule has 0 spiro atoms. The molecule has 2 N–H and O–H groups in total. The highest BCUT2D eigenvalue weighted by molar-refractivity contribution is 5.74. The Morgan fingerprint density at radius 3 is 3.00 bits per heavy atom. The quantitative estimate of drug-likeness (QED) is 0.754. The molecule has 1 aliphatic carbocycles. The highest BCUT2D eigenvalue weighted by Gasteiger charge is 2.31. The van der Waals surface area contributed by atoms with E-state index in [2.05, 4.69) is 20.5 Å². The molecule has 1 atom stereocenters. The molecular weight excluding hydrogens is 330 g/mol. The second-order valence-electron chi connectivity index (χ2n) is 7.12. The van der Waals surface area contributed by atoms with Gasteiger partial charge in [-0.25, -0.2) is 4.98 Å². The molecule has 4 heterocycles. The van der Waals surface area contributed by atoms with Crippen molar-refractivity contribution >= 4 is 23.3 Å². The van der Waals surface area contributed by atoms with E-state index in [0.29, 0.717) is 17.7 Å². The highest BCUT2D eigenvalue weighted by Crippen LogP contribution is 2.39. The third-order valence-corrected chi connectivity index (χ3v) is 5.22. The van der Waals surface area contributed by atoms with Gasteiger partial charge in [0.25, 0.3) is 0 Å². The molecule has 3 aromatic rings. The van der Waals surface area contributed by atoms with Crippen LogP contribution in [0.4, 0.5) is 11.8 Å². The number of likely N-dealkylation sites (tertiary alicyclic amines) is 1. The van der Waals surface area contributed by atoms with Crippen LogP contribution < -0.4 is 5.32 Å². The first-order valence-corrected chi connectivity index (χ1v) is 9.13. The molecule has 0 radical (unpaired) electrons. The summed E-state index contributed by atoms with van der Waals surface area (Å²) in [6, 6.07) is 5.88. The van der Waals surface area contributed by atoms with Crippen molar-refractivity contribution < 1.29 is 4.79 Å². The lowest BCUT2D eigenvalue weighted by atomic mass is 10.2. The molecule has 2 aliphatic rings. The monoisotopic (exact) mass is 351 g/mol. The largest absolute Gasteiger partial charge is 0.333 e. The lowest BCUT2D eigenvalue weighted by molar-refractivity contribution is -0.129. The molecule has 0 aromatic carbocycles. The van der Waals surface area contributed by atoms with E-state index in [1.54, 1.807) is 6.92 Å². The van der Waals surface area contributed by atoms with E-state index in [9.17, 15) is 4.79 Å². The number of aromatic amines is 1. The fraction of sp³-hybridized carbons (Fsp3) is 0.444. The van der Waals surface area contributed by atoms with E-state index in [-0.39, 0.29) is 11.9 Å². The van der Waals surface area contributed by atoms with Crippen molar-refractivity contribution in [3.05, 3.63) is 35.9 Å². The molecule has 1 aliphatic heterocycles. The maximum atomic E-state index is 11.9. The summed E-state index contributed by atoms with van der Waals surface area (Å²) in [6.45, 7) is 2.37. The summed E-state index contributed by atoms with van der Waals surface area (Å²) in [5.74, 6) is 2.79. The number of aromatic nitrogens is 5. The molecule has 134 valence electrons. The average molecular weight is 351 g/mol. The zero-order valence-corrected chi connectivity index (χ0v) is 14.6. The third-order valence-electron chi connectivity index (χ3n) is 5.22. The number of nitrogens with one attached hydrogen (secondary N) is 2. The van der Waals surface area contributed by atoms with Crippen molar-refractivity contribution in [2.45, 2.75) is 44.6 Å². The number of rotatable bonds is 4. The minimum atomic E-state index is -0.0610. The van der Waals surface area contributed by atoms with Crippen molar-refractivity contribution in [2.75, 3.05) is 11.9 Å². The van der Waals surface area contributed by atoms with Crippen molar-refractivity contribution in [1.29, 1.82) is 0 Å². The van der Waals surface area contributed by atoms with E-state index < -0.39 is 0 Å². The smallest absolute Gasteiger partial charge is 0.220 e. The van der Waals surface area contributed by atoms with Crippen LogP contribution in [0.5, 0.6) is 0 Å². The summed E-state index contributed by atoms with van der Waals surface area (Å²) < 4.78 is 1.90. The summed E-state index contributed by atoms with van der Waals surface area (Å²) in [7, 11) is 0. The van der Waals surface area contributed by atoms with Crippen LogP contribution in [0.1, 0.15) is 56.1 Å². The van der Waals surface area contributed by atoms with Gasteiger partial charge in [0.2, 0.25) is 11.9 Å². The SMILES string of the molecule is CC(=O)N1CCCC1c1nc(Nc2cc(C3CC3)[nH]n2)n2cccc2n1. The van der Waals surface area contributed by atoms with Gasteiger partial charge in [0.05, 0.1) is 6.04 Å². The number of hydrogen-bond acceptors (Lipinski definition) is 5. The molecule has 5 rings (SSSR count). The molecular formula is C18H21N7O. The van der Waals surface area contributed by atoms with E-state index >= 15 is 0 Å². The molecule has 3 aromatic heterocycles. The van der Waals surface area contributed by atoms with Crippen molar-refractivity contribution in [1.82, 2.24) is 29.5 Å². The normalized spacial score (nSPS) is 20.0. The summed E-state index contributed by atoms with van der Waals surface area (Å²) in [4.78, 5) is 23.2. The molecule has 1 unspecified atom stereocenters. The molecule has 1 amide bonds. The Morgan fingerprint density at radius 1 is 1.31 bits per heavy atom. The second-order valence-corrected chi connectivity index (χ2v) is 7.12. The lowest BCUT2D eigenvalue weighted by Gasteiger charge is -2.22. The zero-order valence-electron chi connectivity index (χ0n) is 14.6. The van der Waals surface area contributed by atoms with Gasteiger partial charge in [-0.3, -0.25) is 14.3 Å². The Hall–Kier alpha value is -2.90. The maximum Gasteiger partial charge on any atom is 0.220 e. The van der Waals surface area contributed by atoms with Crippen LogP contribution in [0.15, 0.2) is 24.4 Å². The number of carbonyl (C=O) groups excluding carboxylic acids is 1. The Labute approximate surface area is 150 Å². The first-order valence-electron chi connectivity index (χ1n) is 9.13. The van der Waals surface area contributed by atoms with Gasteiger partial charge in [-0.1, -0.05) is 0 Å². The Kier molecular flexibility index (Phi) is 3.44. The third kappa shape index (κ3) is 2.61. The Balaban J connectivity index is 1.51. The number of fused-ring (bicyclic) bond motifs is 1. The van der Waals surface area contributed by atoms with Gasteiger partial charge in [-0.15, -0.1) is 0 Å². The lowest BCUT2D eigenvalue weighted by Crippen LogP contribution is -2.29. The minimum Gasteiger partial charge on any atom is -0.333 e. The standard InChI is InChI=1S/C18H21N7O/c1-11(26)24-8-2-4-14(24)17-20-16-5-3-9-25(16)18(21-17)19-15-10-13(22-23-15)12-6-7-12/h3,5,9-10,12,14H,2,4,6-8H2,1H3,(H2,19,20,21,22,23).